The van der Waals surface area contributed by atoms with Crippen molar-refractivity contribution in [2.75, 3.05) is 19.8 Å². The second kappa shape index (κ2) is 6.70. The number of hydrogen-bond donors (Lipinski definition) is 1. The van der Waals surface area contributed by atoms with E-state index >= 15 is 0 Å². The van der Waals surface area contributed by atoms with E-state index in [1.54, 1.807) is 25.1 Å². The zero-order valence-corrected chi connectivity index (χ0v) is 11.1. The molecule has 1 N–H and O–H groups in total. The van der Waals surface area contributed by atoms with E-state index in [2.05, 4.69) is 22.6 Å². The van der Waals surface area contributed by atoms with Crippen molar-refractivity contribution in [3.63, 3.8) is 0 Å². The van der Waals surface area contributed by atoms with E-state index in [-0.39, 0.29) is 19.2 Å². The molecule has 0 radical (unpaired) electrons. The van der Waals surface area contributed by atoms with Crippen molar-refractivity contribution in [3.05, 3.63) is 27.3 Å². The summed E-state index contributed by atoms with van der Waals surface area (Å²) in [5.41, 5.74) is 0.484. The highest BCUT2D eigenvalue weighted by Gasteiger charge is 2.12. The molecule has 0 unspecified atom stereocenters. The number of aliphatic hydroxyl groups is 1. The number of halogens is 1. The third-order valence-corrected chi connectivity index (χ3v) is 2.73. The molecule has 0 saturated carbocycles. The van der Waals surface area contributed by atoms with Crippen LogP contribution in [0.3, 0.4) is 0 Å². The Morgan fingerprint density at radius 1 is 1.50 bits per heavy atom. The largest absolute Gasteiger partial charge is 0.491 e. The van der Waals surface area contributed by atoms with Crippen LogP contribution in [0, 0.1) is 3.57 Å². The molecular weight excluding hydrogens is 323 g/mol. The van der Waals surface area contributed by atoms with Crippen molar-refractivity contribution in [2.45, 2.75) is 6.92 Å². The van der Waals surface area contributed by atoms with Gasteiger partial charge in [-0.05, 0) is 47.7 Å². The Hall–Kier alpha value is -0.820. The lowest BCUT2D eigenvalue weighted by Crippen LogP contribution is -2.08. The number of rotatable bonds is 5. The molecule has 0 bridgehead atoms. The van der Waals surface area contributed by atoms with Crippen LogP contribution < -0.4 is 4.74 Å². The minimum atomic E-state index is -0.360. The Bertz CT molecular complexity index is 365. The predicted octanol–water partition coefficient (Wildman–Crippen LogP) is 1.84. The van der Waals surface area contributed by atoms with Crippen molar-refractivity contribution in [3.8, 4) is 5.75 Å². The quantitative estimate of drug-likeness (QED) is 0.659. The minimum absolute atomic E-state index is 0.0548. The summed E-state index contributed by atoms with van der Waals surface area (Å²) in [6, 6.07) is 5.15. The number of carbonyl (C=O) groups is 1. The third-order valence-electron chi connectivity index (χ3n) is 1.79. The van der Waals surface area contributed by atoms with Gasteiger partial charge in [-0.1, -0.05) is 0 Å². The van der Waals surface area contributed by atoms with Crippen LogP contribution in [0.1, 0.15) is 17.3 Å². The van der Waals surface area contributed by atoms with Crippen molar-refractivity contribution < 1.29 is 19.4 Å². The van der Waals surface area contributed by atoms with Gasteiger partial charge in [0.1, 0.15) is 12.4 Å². The summed E-state index contributed by atoms with van der Waals surface area (Å²) in [6.07, 6.45) is 0. The Morgan fingerprint density at radius 2 is 2.25 bits per heavy atom. The molecule has 1 aromatic rings. The number of carbonyl (C=O) groups excluding carboxylic acids is 1. The van der Waals surface area contributed by atoms with Crippen LogP contribution in [0.25, 0.3) is 0 Å². The maximum atomic E-state index is 11.6. The van der Waals surface area contributed by atoms with Crippen LogP contribution in [0.2, 0.25) is 0 Å². The van der Waals surface area contributed by atoms with E-state index < -0.39 is 0 Å². The lowest BCUT2D eigenvalue weighted by molar-refractivity contribution is 0.0524. The van der Waals surface area contributed by atoms with E-state index in [9.17, 15) is 4.79 Å². The average Bonchev–Trinajstić information content (AvgIpc) is 2.28. The van der Waals surface area contributed by atoms with Gasteiger partial charge >= 0.3 is 5.97 Å². The van der Waals surface area contributed by atoms with Crippen LogP contribution >= 0.6 is 22.6 Å². The van der Waals surface area contributed by atoms with E-state index in [1.165, 1.54) is 0 Å². The molecule has 0 aliphatic carbocycles. The predicted molar refractivity (Wildman–Crippen MR) is 67.7 cm³/mol. The first-order chi connectivity index (χ1) is 7.69. The first-order valence-electron chi connectivity index (χ1n) is 4.89. The highest BCUT2D eigenvalue weighted by atomic mass is 127. The summed E-state index contributed by atoms with van der Waals surface area (Å²) in [5.74, 6) is 0.193. The van der Waals surface area contributed by atoms with Crippen LogP contribution in [-0.2, 0) is 4.74 Å². The van der Waals surface area contributed by atoms with E-state index in [1.807, 2.05) is 0 Å². The zero-order chi connectivity index (χ0) is 12.0. The Morgan fingerprint density at radius 3 is 2.88 bits per heavy atom. The summed E-state index contributed by atoms with van der Waals surface area (Å²) < 4.78 is 10.9. The van der Waals surface area contributed by atoms with Gasteiger partial charge in [-0.2, -0.15) is 0 Å². The van der Waals surface area contributed by atoms with Crippen molar-refractivity contribution in [2.24, 2.45) is 0 Å². The smallest absolute Gasteiger partial charge is 0.339 e. The number of benzene rings is 1. The minimum Gasteiger partial charge on any atom is -0.491 e. The summed E-state index contributed by atoms with van der Waals surface area (Å²) >= 11 is 2.06. The first kappa shape index (κ1) is 13.2. The Kier molecular flexibility index (Phi) is 5.54. The molecule has 0 heterocycles. The first-order valence-corrected chi connectivity index (χ1v) is 5.97. The molecule has 5 heteroatoms. The second-order valence-corrected chi connectivity index (χ2v) is 4.10. The monoisotopic (exact) mass is 336 g/mol. The molecule has 16 heavy (non-hydrogen) atoms. The number of hydrogen-bond acceptors (Lipinski definition) is 4. The summed E-state index contributed by atoms with van der Waals surface area (Å²) in [5, 5.41) is 8.63. The molecule has 0 saturated heterocycles. The fraction of sp³-hybridized carbons (Fsp3) is 0.364. The highest BCUT2D eigenvalue weighted by Crippen LogP contribution is 2.20. The molecule has 0 amide bonds. The van der Waals surface area contributed by atoms with Crippen LogP contribution in [0.15, 0.2) is 18.2 Å². The van der Waals surface area contributed by atoms with Gasteiger partial charge in [-0.3, -0.25) is 0 Å². The summed E-state index contributed by atoms with van der Waals surface area (Å²) in [4.78, 5) is 11.6. The number of esters is 1. The van der Waals surface area contributed by atoms with Gasteiger partial charge in [0, 0.05) is 3.57 Å². The van der Waals surface area contributed by atoms with Gasteiger partial charge in [0.05, 0.1) is 18.8 Å². The molecule has 4 nitrogen and oxygen atoms in total. The molecule has 0 atom stereocenters. The third kappa shape index (κ3) is 3.64. The maximum Gasteiger partial charge on any atom is 0.339 e. The molecule has 1 aromatic carbocycles. The van der Waals surface area contributed by atoms with Crippen molar-refractivity contribution in [1.29, 1.82) is 0 Å². The summed E-state index contributed by atoms with van der Waals surface area (Å²) in [7, 11) is 0. The van der Waals surface area contributed by atoms with Crippen LogP contribution in [0.5, 0.6) is 5.75 Å². The Balaban J connectivity index is 2.85. The van der Waals surface area contributed by atoms with Gasteiger partial charge in [-0.25, -0.2) is 4.79 Å². The van der Waals surface area contributed by atoms with Gasteiger partial charge < -0.3 is 14.6 Å². The fourth-order valence-corrected chi connectivity index (χ4v) is 1.68. The van der Waals surface area contributed by atoms with Crippen molar-refractivity contribution >= 4 is 28.6 Å². The van der Waals surface area contributed by atoms with Crippen LogP contribution in [-0.4, -0.2) is 30.9 Å². The molecular formula is C11H13IO4. The standard InChI is InChI=1S/C11H13IO4/c1-2-15-11(14)9-7-8(16-6-5-13)3-4-10(9)12/h3-4,7,13H,2,5-6H2,1H3. The zero-order valence-electron chi connectivity index (χ0n) is 8.90. The highest BCUT2D eigenvalue weighted by molar-refractivity contribution is 14.1. The maximum absolute atomic E-state index is 11.6. The Labute approximate surface area is 108 Å². The molecule has 88 valence electrons. The lowest BCUT2D eigenvalue weighted by atomic mass is 10.2. The second-order valence-electron chi connectivity index (χ2n) is 2.93. The van der Waals surface area contributed by atoms with Crippen LogP contribution in [0.4, 0.5) is 0 Å². The molecule has 0 fully saturated rings. The fourth-order valence-electron chi connectivity index (χ4n) is 1.12. The average molecular weight is 336 g/mol. The van der Waals surface area contributed by atoms with Gasteiger partial charge in [0.25, 0.3) is 0 Å². The van der Waals surface area contributed by atoms with E-state index in [0.717, 1.165) is 3.57 Å². The molecule has 0 spiro atoms. The molecule has 1 rings (SSSR count). The topological polar surface area (TPSA) is 55.8 Å². The number of aliphatic hydroxyl groups excluding tert-OH is 1. The van der Waals surface area contributed by atoms with Gasteiger partial charge in [0.2, 0.25) is 0 Å². The number of ether oxygens (including phenoxy) is 2. The van der Waals surface area contributed by atoms with Crippen molar-refractivity contribution in [1.82, 2.24) is 0 Å². The van der Waals surface area contributed by atoms with Gasteiger partial charge in [0.15, 0.2) is 0 Å². The normalized spacial score (nSPS) is 9.94. The van der Waals surface area contributed by atoms with E-state index in [4.69, 9.17) is 14.6 Å². The van der Waals surface area contributed by atoms with E-state index in [0.29, 0.717) is 17.9 Å². The molecule has 0 aliphatic rings. The molecule has 0 aliphatic heterocycles. The van der Waals surface area contributed by atoms with Gasteiger partial charge in [-0.15, -0.1) is 0 Å². The summed E-state index contributed by atoms with van der Waals surface area (Å²) in [6.45, 7) is 2.26. The SMILES string of the molecule is CCOC(=O)c1cc(OCCO)ccc1I. The molecule has 0 aromatic heterocycles. The lowest BCUT2D eigenvalue weighted by Gasteiger charge is -2.08.